The fourth-order valence-corrected chi connectivity index (χ4v) is 2.67. The van der Waals surface area contributed by atoms with Gasteiger partial charge in [0.15, 0.2) is 18.1 Å². The van der Waals surface area contributed by atoms with Gasteiger partial charge in [0.1, 0.15) is 5.75 Å². The van der Waals surface area contributed by atoms with Crippen LogP contribution in [0.3, 0.4) is 0 Å². The molecule has 0 aliphatic carbocycles. The van der Waals surface area contributed by atoms with Crippen molar-refractivity contribution in [1.82, 2.24) is 15.1 Å². The average molecular weight is 371 g/mol. The Morgan fingerprint density at radius 2 is 1.59 bits per heavy atom. The fourth-order valence-electron chi connectivity index (χ4n) is 2.67. The number of aryl methyl sites for hydroxylation is 2. The first kappa shape index (κ1) is 18.5. The van der Waals surface area contributed by atoms with E-state index < -0.39 is 0 Å². The maximum absolute atomic E-state index is 5.73. The van der Waals surface area contributed by atoms with Gasteiger partial charge in [0, 0.05) is 5.69 Å². The van der Waals surface area contributed by atoms with Crippen LogP contribution in [0.25, 0.3) is 11.4 Å². The Morgan fingerprint density at radius 3 is 2.26 bits per heavy atom. The summed E-state index contributed by atoms with van der Waals surface area (Å²) in [7, 11) is 4.64. The quantitative estimate of drug-likeness (QED) is 0.625. The Balaban J connectivity index is 1.83. The molecule has 3 aromatic rings. The van der Waals surface area contributed by atoms with Crippen LogP contribution in [-0.2, 0) is 6.61 Å². The highest BCUT2D eigenvalue weighted by atomic mass is 16.5. The van der Waals surface area contributed by atoms with Gasteiger partial charge in [-0.15, -0.1) is 0 Å². The molecule has 8 heteroatoms. The summed E-state index contributed by atoms with van der Waals surface area (Å²) in [5.74, 6) is 2.84. The molecule has 0 unspecified atom stereocenters. The molecule has 1 aromatic carbocycles. The highest BCUT2D eigenvalue weighted by molar-refractivity contribution is 5.71. The lowest BCUT2D eigenvalue weighted by Gasteiger charge is -2.13. The number of nitrogens with zero attached hydrogens (tertiary/aromatic N) is 3. The third-order valence-electron chi connectivity index (χ3n) is 3.94. The zero-order valence-corrected chi connectivity index (χ0v) is 15.9. The summed E-state index contributed by atoms with van der Waals surface area (Å²) in [6.07, 6.45) is 0. The molecule has 8 nitrogen and oxygen atoms in total. The van der Waals surface area contributed by atoms with Gasteiger partial charge in [-0.3, -0.25) is 4.98 Å². The van der Waals surface area contributed by atoms with Gasteiger partial charge in [-0.25, -0.2) is 0 Å². The van der Waals surface area contributed by atoms with Crippen molar-refractivity contribution in [2.24, 2.45) is 0 Å². The van der Waals surface area contributed by atoms with Crippen molar-refractivity contribution in [3.05, 3.63) is 41.5 Å². The Hall–Kier alpha value is -3.29. The summed E-state index contributed by atoms with van der Waals surface area (Å²) in [5.41, 5.74) is 2.36. The molecule has 0 aliphatic rings. The Labute approximate surface area is 157 Å². The summed E-state index contributed by atoms with van der Waals surface area (Å²) in [6.45, 7) is 3.95. The minimum absolute atomic E-state index is 0.133. The molecule has 3 rings (SSSR count). The smallest absolute Gasteiger partial charge is 0.264 e. The number of aromatic nitrogens is 3. The molecule has 0 saturated carbocycles. The standard InChI is InChI=1S/C19H21N3O5/c1-11-6-8-14(12(2)20-11)26-10-16-21-19(22-27-16)13-7-9-15(23-3)18(25-5)17(13)24-4/h6-9H,10H2,1-5H3. The van der Waals surface area contributed by atoms with E-state index in [9.17, 15) is 0 Å². The molecule has 0 saturated heterocycles. The van der Waals surface area contributed by atoms with Gasteiger partial charge in [0.2, 0.25) is 11.6 Å². The van der Waals surface area contributed by atoms with E-state index in [0.29, 0.717) is 40.3 Å². The van der Waals surface area contributed by atoms with Crippen molar-refractivity contribution in [2.45, 2.75) is 20.5 Å². The number of methoxy groups -OCH3 is 3. The minimum Gasteiger partial charge on any atom is -0.493 e. The van der Waals surface area contributed by atoms with E-state index in [1.54, 1.807) is 19.2 Å². The molecule has 2 aromatic heterocycles. The van der Waals surface area contributed by atoms with Crippen LogP contribution < -0.4 is 18.9 Å². The second-order valence-electron chi connectivity index (χ2n) is 5.72. The number of ether oxygens (including phenoxy) is 4. The Kier molecular flexibility index (Phi) is 5.44. The number of pyridine rings is 1. The van der Waals surface area contributed by atoms with Crippen molar-refractivity contribution < 1.29 is 23.5 Å². The van der Waals surface area contributed by atoms with Crippen molar-refractivity contribution >= 4 is 0 Å². The SMILES string of the molecule is COc1ccc(-c2noc(COc3ccc(C)nc3C)n2)c(OC)c1OC. The lowest BCUT2D eigenvalue weighted by molar-refractivity contribution is 0.241. The summed E-state index contributed by atoms with van der Waals surface area (Å²) in [6, 6.07) is 7.29. The van der Waals surface area contributed by atoms with Gasteiger partial charge in [-0.1, -0.05) is 5.16 Å². The molecule has 0 amide bonds. The van der Waals surface area contributed by atoms with Crippen LogP contribution in [0, 0.1) is 13.8 Å². The van der Waals surface area contributed by atoms with Crippen LogP contribution in [-0.4, -0.2) is 36.5 Å². The molecule has 142 valence electrons. The summed E-state index contributed by atoms with van der Waals surface area (Å²) in [4.78, 5) is 8.75. The van der Waals surface area contributed by atoms with Crippen molar-refractivity contribution in [1.29, 1.82) is 0 Å². The lowest BCUT2D eigenvalue weighted by Crippen LogP contribution is -2.00. The summed E-state index contributed by atoms with van der Waals surface area (Å²) < 4.78 is 27.2. The van der Waals surface area contributed by atoms with E-state index in [-0.39, 0.29) is 6.61 Å². The maximum Gasteiger partial charge on any atom is 0.264 e. The third kappa shape index (κ3) is 3.79. The maximum atomic E-state index is 5.73. The van der Waals surface area contributed by atoms with Gasteiger partial charge in [-0.2, -0.15) is 4.98 Å². The molecule has 27 heavy (non-hydrogen) atoms. The van der Waals surface area contributed by atoms with Crippen LogP contribution in [0.4, 0.5) is 0 Å². The fraction of sp³-hybridized carbons (Fsp3) is 0.316. The van der Waals surface area contributed by atoms with Crippen molar-refractivity contribution in [2.75, 3.05) is 21.3 Å². The van der Waals surface area contributed by atoms with Gasteiger partial charge < -0.3 is 23.5 Å². The number of hydrogen-bond acceptors (Lipinski definition) is 8. The molecular weight excluding hydrogens is 350 g/mol. The van der Waals surface area contributed by atoms with Crippen LogP contribution in [0.5, 0.6) is 23.0 Å². The zero-order chi connectivity index (χ0) is 19.4. The molecule has 2 heterocycles. The van der Waals surface area contributed by atoms with E-state index >= 15 is 0 Å². The minimum atomic E-state index is 0.133. The zero-order valence-electron chi connectivity index (χ0n) is 15.9. The van der Waals surface area contributed by atoms with E-state index in [1.807, 2.05) is 26.0 Å². The molecule has 0 aliphatic heterocycles. The van der Waals surface area contributed by atoms with Gasteiger partial charge in [-0.05, 0) is 38.1 Å². The highest BCUT2D eigenvalue weighted by Gasteiger charge is 2.21. The number of hydrogen-bond donors (Lipinski definition) is 0. The second kappa shape index (κ2) is 7.94. The first-order valence-electron chi connectivity index (χ1n) is 8.26. The molecule has 0 fully saturated rings. The molecule has 0 radical (unpaired) electrons. The van der Waals surface area contributed by atoms with E-state index in [2.05, 4.69) is 15.1 Å². The monoisotopic (exact) mass is 371 g/mol. The van der Waals surface area contributed by atoms with Crippen LogP contribution in [0.15, 0.2) is 28.8 Å². The molecule has 0 atom stereocenters. The van der Waals surface area contributed by atoms with E-state index in [4.69, 9.17) is 23.5 Å². The Morgan fingerprint density at radius 1 is 0.852 bits per heavy atom. The summed E-state index contributed by atoms with van der Waals surface area (Å²) >= 11 is 0. The predicted molar refractivity (Wildman–Crippen MR) is 97.4 cm³/mol. The summed E-state index contributed by atoms with van der Waals surface area (Å²) in [5, 5.41) is 4.02. The molecule has 0 spiro atoms. The van der Waals surface area contributed by atoms with Crippen LogP contribution >= 0.6 is 0 Å². The number of benzene rings is 1. The second-order valence-corrected chi connectivity index (χ2v) is 5.72. The van der Waals surface area contributed by atoms with E-state index in [0.717, 1.165) is 11.4 Å². The van der Waals surface area contributed by atoms with Crippen LogP contribution in [0.1, 0.15) is 17.3 Å². The van der Waals surface area contributed by atoms with Gasteiger partial charge >= 0.3 is 0 Å². The van der Waals surface area contributed by atoms with Crippen molar-refractivity contribution in [3.8, 4) is 34.4 Å². The third-order valence-corrected chi connectivity index (χ3v) is 3.94. The molecule has 0 N–H and O–H groups in total. The molecule has 0 bridgehead atoms. The van der Waals surface area contributed by atoms with Crippen molar-refractivity contribution in [3.63, 3.8) is 0 Å². The average Bonchev–Trinajstić information content (AvgIpc) is 3.14. The molecular formula is C19H21N3O5. The topological polar surface area (TPSA) is 88.7 Å². The number of rotatable bonds is 7. The largest absolute Gasteiger partial charge is 0.493 e. The normalized spacial score (nSPS) is 10.6. The van der Waals surface area contributed by atoms with Crippen LogP contribution in [0.2, 0.25) is 0 Å². The highest BCUT2D eigenvalue weighted by Crippen LogP contribution is 2.43. The van der Waals surface area contributed by atoms with Gasteiger partial charge in [0.25, 0.3) is 5.89 Å². The first-order valence-corrected chi connectivity index (χ1v) is 8.26. The Bertz CT molecular complexity index is 939. The van der Waals surface area contributed by atoms with E-state index in [1.165, 1.54) is 14.2 Å². The van der Waals surface area contributed by atoms with Gasteiger partial charge in [0.05, 0.1) is 32.6 Å². The first-order chi connectivity index (χ1) is 13.1. The predicted octanol–water partition coefficient (Wildman–Crippen LogP) is 3.35. The lowest BCUT2D eigenvalue weighted by atomic mass is 10.1.